The summed E-state index contributed by atoms with van der Waals surface area (Å²) >= 11 is 3.25. The van der Waals surface area contributed by atoms with Crippen molar-refractivity contribution in [1.82, 2.24) is 4.57 Å². The third-order valence-corrected chi connectivity index (χ3v) is 3.36. The standard InChI is InChI=1S/C14H14BrNO/c1-2-11-5-7-12(8-6-11)10-16-9-3-4-13(15)14(16)17/h3-9H,2,10H2,1H3. The number of benzene rings is 1. The number of rotatable bonds is 3. The molecule has 1 aromatic heterocycles. The summed E-state index contributed by atoms with van der Waals surface area (Å²) in [6.45, 7) is 2.75. The predicted molar refractivity (Wildman–Crippen MR) is 73.3 cm³/mol. The second-order valence-corrected chi connectivity index (χ2v) is 4.81. The van der Waals surface area contributed by atoms with E-state index in [4.69, 9.17) is 0 Å². The Hall–Kier alpha value is -1.35. The summed E-state index contributed by atoms with van der Waals surface area (Å²) in [5.41, 5.74) is 2.46. The van der Waals surface area contributed by atoms with Crippen LogP contribution in [0.25, 0.3) is 0 Å². The maximum absolute atomic E-state index is 11.8. The van der Waals surface area contributed by atoms with Crippen LogP contribution in [0.1, 0.15) is 18.1 Å². The van der Waals surface area contributed by atoms with Gasteiger partial charge in [0.05, 0.1) is 11.0 Å². The fourth-order valence-electron chi connectivity index (χ4n) is 1.71. The van der Waals surface area contributed by atoms with Crippen LogP contribution >= 0.6 is 15.9 Å². The van der Waals surface area contributed by atoms with Gasteiger partial charge in [0.1, 0.15) is 0 Å². The van der Waals surface area contributed by atoms with Gasteiger partial charge in [0.15, 0.2) is 0 Å². The highest BCUT2D eigenvalue weighted by atomic mass is 79.9. The lowest BCUT2D eigenvalue weighted by Crippen LogP contribution is -2.20. The van der Waals surface area contributed by atoms with Gasteiger partial charge >= 0.3 is 0 Å². The van der Waals surface area contributed by atoms with E-state index < -0.39 is 0 Å². The van der Waals surface area contributed by atoms with E-state index in [0.717, 1.165) is 12.0 Å². The zero-order valence-electron chi connectivity index (χ0n) is 9.69. The fourth-order valence-corrected chi connectivity index (χ4v) is 2.09. The molecule has 0 aliphatic heterocycles. The lowest BCUT2D eigenvalue weighted by atomic mass is 10.1. The van der Waals surface area contributed by atoms with Crippen molar-refractivity contribution in [3.8, 4) is 0 Å². The number of hydrogen-bond donors (Lipinski definition) is 0. The van der Waals surface area contributed by atoms with E-state index in [2.05, 4.69) is 47.1 Å². The van der Waals surface area contributed by atoms with Gasteiger partial charge in [0.25, 0.3) is 5.56 Å². The first kappa shape index (κ1) is 12.1. The number of aromatic nitrogens is 1. The number of hydrogen-bond acceptors (Lipinski definition) is 1. The summed E-state index contributed by atoms with van der Waals surface area (Å²) in [5, 5.41) is 0. The molecule has 0 unspecified atom stereocenters. The number of aryl methyl sites for hydroxylation is 1. The minimum atomic E-state index is 0.00654. The number of pyridine rings is 1. The molecular weight excluding hydrogens is 278 g/mol. The Kier molecular flexibility index (Phi) is 3.79. The van der Waals surface area contributed by atoms with Crippen molar-refractivity contribution in [3.05, 3.63) is 68.5 Å². The molecule has 0 saturated carbocycles. The van der Waals surface area contributed by atoms with Crippen molar-refractivity contribution in [2.24, 2.45) is 0 Å². The highest BCUT2D eigenvalue weighted by Gasteiger charge is 2.00. The zero-order valence-corrected chi connectivity index (χ0v) is 11.3. The first-order valence-electron chi connectivity index (χ1n) is 5.63. The van der Waals surface area contributed by atoms with Crippen molar-refractivity contribution < 1.29 is 0 Å². The highest BCUT2D eigenvalue weighted by molar-refractivity contribution is 9.10. The van der Waals surface area contributed by atoms with Crippen LogP contribution in [0.2, 0.25) is 0 Å². The second-order valence-electron chi connectivity index (χ2n) is 3.96. The van der Waals surface area contributed by atoms with Crippen LogP contribution in [0.3, 0.4) is 0 Å². The van der Waals surface area contributed by atoms with Gasteiger partial charge in [-0.3, -0.25) is 4.79 Å². The molecule has 0 bridgehead atoms. The van der Waals surface area contributed by atoms with Gasteiger partial charge in [-0.2, -0.15) is 0 Å². The van der Waals surface area contributed by atoms with Gasteiger partial charge in [-0.05, 0) is 45.6 Å². The first-order valence-corrected chi connectivity index (χ1v) is 6.43. The Balaban J connectivity index is 2.25. The summed E-state index contributed by atoms with van der Waals surface area (Å²) in [5.74, 6) is 0. The van der Waals surface area contributed by atoms with Crippen LogP contribution in [0.15, 0.2) is 51.9 Å². The van der Waals surface area contributed by atoms with Crippen molar-refractivity contribution in [2.75, 3.05) is 0 Å². The van der Waals surface area contributed by atoms with Crippen LogP contribution in [-0.2, 0) is 13.0 Å². The molecule has 3 heteroatoms. The Morgan fingerprint density at radius 2 is 1.76 bits per heavy atom. The van der Waals surface area contributed by atoms with Gasteiger partial charge in [-0.25, -0.2) is 0 Å². The van der Waals surface area contributed by atoms with Crippen molar-refractivity contribution in [2.45, 2.75) is 19.9 Å². The summed E-state index contributed by atoms with van der Waals surface area (Å²) in [6, 6.07) is 12.0. The van der Waals surface area contributed by atoms with E-state index in [1.807, 2.05) is 6.07 Å². The van der Waals surface area contributed by atoms with Gasteiger partial charge in [-0.1, -0.05) is 31.2 Å². The van der Waals surface area contributed by atoms with Crippen LogP contribution in [0, 0.1) is 0 Å². The third-order valence-electron chi connectivity index (χ3n) is 2.76. The molecule has 0 radical (unpaired) electrons. The topological polar surface area (TPSA) is 22.0 Å². The molecule has 2 nitrogen and oxygen atoms in total. The van der Waals surface area contributed by atoms with Crippen LogP contribution in [0.4, 0.5) is 0 Å². The average Bonchev–Trinajstić information content (AvgIpc) is 2.36. The molecule has 0 N–H and O–H groups in total. The Morgan fingerprint density at radius 1 is 1.12 bits per heavy atom. The molecule has 1 heterocycles. The number of nitrogens with zero attached hydrogens (tertiary/aromatic N) is 1. The van der Waals surface area contributed by atoms with Gasteiger partial charge < -0.3 is 4.57 Å². The Labute approximate surface area is 109 Å². The first-order chi connectivity index (χ1) is 8.20. The molecule has 0 aliphatic rings. The van der Waals surface area contributed by atoms with E-state index in [0.29, 0.717) is 11.0 Å². The molecule has 0 saturated heterocycles. The predicted octanol–water partition coefficient (Wildman–Crippen LogP) is 3.22. The van der Waals surface area contributed by atoms with Gasteiger partial charge in [-0.15, -0.1) is 0 Å². The van der Waals surface area contributed by atoms with Gasteiger partial charge in [0.2, 0.25) is 0 Å². The van der Waals surface area contributed by atoms with Crippen LogP contribution in [0.5, 0.6) is 0 Å². The van der Waals surface area contributed by atoms with E-state index in [1.54, 1.807) is 16.8 Å². The van der Waals surface area contributed by atoms with Gasteiger partial charge in [0, 0.05) is 6.20 Å². The van der Waals surface area contributed by atoms with Crippen molar-refractivity contribution in [1.29, 1.82) is 0 Å². The van der Waals surface area contributed by atoms with E-state index in [-0.39, 0.29) is 5.56 Å². The summed E-state index contributed by atoms with van der Waals surface area (Å²) in [6.07, 6.45) is 2.85. The zero-order chi connectivity index (χ0) is 12.3. The summed E-state index contributed by atoms with van der Waals surface area (Å²) < 4.78 is 2.30. The lowest BCUT2D eigenvalue weighted by molar-refractivity contribution is 0.754. The fraction of sp³-hybridized carbons (Fsp3) is 0.214. The van der Waals surface area contributed by atoms with Crippen LogP contribution in [-0.4, -0.2) is 4.57 Å². The molecule has 17 heavy (non-hydrogen) atoms. The van der Waals surface area contributed by atoms with E-state index >= 15 is 0 Å². The monoisotopic (exact) mass is 291 g/mol. The molecule has 2 rings (SSSR count). The number of halogens is 1. The highest BCUT2D eigenvalue weighted by Crippen LogP contribution is 2.07. The molecule has 0 spiro atoms. The second kappa shape index (κ2) is 5.32. The molecule has 0 atom stereocenters. The van der Waals surface area contributed by atoms with Crippen LogP contribution < -0.4 is 5.56 Å². The van der Waals surface area contributed by atoms with E-state index in [9.17, 15) is 4.79 Å². The smallest absolute Gasteiger partial charge is 0.265 e. The quantitative estimate of drug-likeness (QED) is 0.851. The van der Waals surface area contributed by atoms with Crippen molar-refractivity contribution in [3.63, 3.8) is 0 Å². The molecule has 0 fully saturated rings. The molecule has 1 aromatic carbocycles. The SMILES string of the molecule is CCc1ccc(Cn2cccc(Br)c2=O)cc1. The summed E-state index contributed by atoms with van der Waals surface area (Å²) in [7, 11) is 0. The molecule has 88 valence electrons. The minimum absolute atomic E-state index is 0.00654. The Bertz CT molecular complexity index is 557. The lowest BCUT2D eigenvalue weighted by Gasteiger charge is -2.06. The molecule has 0 aliphatic carbocycles. The Morgan fingerprint density at radius 3 is 2.41 bits per heavy atom. The molecular formula is C14H14BrNO. The minimum Gasteiger partial charge on any atom is -0.310 e. The normalized spacial score (nSPS) is 10.5. The third kappa shape index (κ3) is 2.86. The maximum atomic E-state index is 11.8. The molecule has 0 amide bonds. The molecule has 2 aromatic rings. The average molecular weight is 292 g/mol. The van der Waals surface area contributed by atoms with E-state index in [1.165, 1.54) is 5.56 Å². The summed E-state index contributed by atoms with van der Waals surface area (Å²) in [4.78, 5) is 11.8. The maximum Gasteiger partial charge on any atom is 0.265 e. The largest absolute Gasteiger partial charge is 0.310 e. The van der Waals surface area contributed by atoms with Crippen molar-refractivity contribution >= 4 is 15.9 Å².